The van der Waals surface area contributed by atoms with Gasteiger partial charge in [-0.15, -0.1) is 0 Å². The zero-order chi connectivity index (χ0) is 19.9. The summed E-state index contributed by atoms with van der Waals surface area (Å²) in [5, 5.41) is 5.46. The lowest BCUT2D eigenvalue weighted by atomic mass is 10.1. The maximum atomic E-state index is 12.4. The monoisotopic (exact) mass is 382 g/mol. The maximum absolute atomic E-state index is 12.4. The van der Waals surface area contributed by atoms with Crippen LogP contribution in [0.2, 0.25) is 0 Å². The number of nitrogens with one attached hydrogen (secondary N) is 2. The van der Waals surface area contributed by atoms with E-state index in [9.17, 15) is 14.4 Å². The molecule has 28 heavy (non-hydrogen) atoms. The van der Waals surface area contributed by atoms with Crippen molar-refractivity contribution in [1.29, 1.82) is 0 Å². The highest BCUT2D eigenvalue weighted by atomic mass is 16.5. The summed E-state index contributed by atoms with van der Waals surface area (Å²) in [6.45, 7) is 0.876. The number of hydrogen-bond acceptors (Lipinski definition) is 5. The molecule has 0 bridgehead atoms. The highest BCUT2D eigenvalue weighted by Gasteiger charge is 2.35. The molecule has 1 aromatic heterocycles. The van der Waals surface area contributed by atoms with Gasteiger partial charge in [0, 0.05) is 44.0 Å². The molecule has 0 aliphatic carbocycles. The third-order valence-corrected chi connectivity index (χ3v) is 4.47. The quantitative estimate of drug-likeness (QED) is 0.696. The minimum Gasteiger partial charge on any atom is -0.497 e. The second-order valence-electron chi connectivity index (χ2n) is 6.37. The van der Waals surface area contributed by atoms with E-state index in [4.69, 9.17) is 4.74 Å². The Hall–Kier alpha value is -3.42. The number of nitrogens with zero attached hydrogens (tertiary/aromatic N) is 2. The predicted molar refractivity (Wildman–Crippen MR) is 103 cm³/mol. The fraction of sp³-hybridized carbons (Fsp3) is 0.300. The molecule has 1 aliphatic heterocycles. The summed E-state index contributed by atoms with van der Waals surface area (Å²) in [5.74, 6) is -0.371. The number of pyridine rings is 1. The van der Waals surface area contributed by atoms with Crippen LogP contribution in [0.15, 0.2) is 48.7 Å². The average Bonchev–Trinajstić information content (AvgIpc) is 3.13. The van der Waals surface area contributed by atoms with Gasteiger partial charge >= 0.3 is 0 Å². The van der Waals surface area contributed by atoms with Gasteiger partial charge in [-0.25, -0.2) is 0 Å². The lowest BCUT2D eigenvalue weighted by molar-refractivity contribution is -0.126. The van der Waals surface area contributed by atoms with Gasteiger partial charge in [0.25, 0.3) is 5.91 Å². The van der Waals surface area contributed by atoms with Crippen molar-refractivity contribution in [2.45, 2.75) is 6.42 Å². The van der Waals surface area contributed by atoms with E-state index >= 15 is 0 Å². The van der Waals surface area contributed by atoms with Gasteiger partial charge in [0.1, 0.15) is 11.4 Å². The van der Waals surface area contributed by atoms with Crippen molar-refractivity contribution in [3.8, 4) is 5.75 Å². The molecular formula is C20H22N4O4. The second kappa shape index (κ2) is 8.98. The average molecular weight is 382 g/mol. The van der Waals surface area contributed by atoms with E-state index in [1.54, 1.807) is 54.6 Å². The predicted octanol–water partition coefficient (Wildman–Crippen LogP) is 0.989. The Balaban J connectivity index is 1.46. The van der Waals surface area contributed by atoms with E-state index in [0.29, 0.717) is 23.7 Å². The molecule has 2 N–H and O–H groups in total. The first-order valence-electron chi connectivity index (χ1n) is 9.00. The number of carbonyl (C=O) groups excluding carboxylic acids is 3. The molecule has 1 atom stereocenters. The summed E-state index contributed by atoms with van der Waals surface area (Å²) < 4.78 is 5.18. The van der Waals surface area contributed by atoms with Crippen LogP contribution in [0.5, 0.6) is 5.75 Å². The van der Waals surface area contributed by atoms with Gasteiger partial charge < -0.3 is 20.3 Å². The van der Waals surface area contributed by atoms with Crippen LogP contribution < -0.4 is 20.3 Å². The van der Waals surface area contributed by atoms with Gasteiger partial charge in [-0.05, 0) is 24.3 Å². The fourth-order valence-corrected chi connectivity index (χ4v) is 3.00. The summed E-state index contributed by atoms with van der Waals surface area (Å²) in [6, 6.07) is 12.3. The van der Waals surface area contributed by atoms with Crippen LogP contribution in [0, 0.1) is 5.92 Å². The van der Waals surface area contributed by atoms with Gasteiger partial charge in [-0.2, -0.15) is 0 Å². The molecule has 8 heteroatoms. The Morgan fingerprint density at radius 1 is 1.18 bits per heavy atom. The number of benzene rings is 1. The zero-order valence-electron chi connectivity index (χ0n) is 15.6. The number of ether oxygens (including phenoxy) is 1. The van der Waals surface area contributed by atoms with Gasteiger partial charge in [0.2, 0.25) is 11.8 Å². The smallest absolute Gasteiger partial charge is 0.269 e. The Kier molecular flexibility index (Phi) is 6.21. The molecule has 1 aliphatic rings. The van der Waals surface area contributed by atoms with Crippen LogP contribution in [0.4, 0.5) is 5.69 Å². The SMILES string of the molecule is COc1cccc(N2C[C@@H](C(=O)NCCNC(=O)c3ccccn3)CC2=O)c1. The Bertz CT molecular complexity index is 856. The zero-order valence-corrected chi connectivity index (χ0v) is 15.6. The normalized spacial score (nSPS) is 16.0. The van der Waals surface area contributed by atoms with Gasteiger partial charge in [-0.1, -0.05) is 12.1 Å². The molecule has 8 nitrogen and oxygen atoms in total. The van der Waals surface area contributed by atoms with E-state index in [1.807, 2.05) is 6.07 Å². The highest BCUT2D eigenvalue weighted by molar-refractivity contribution is 6.00. The van der Waals surface area contributed by atoms with Crippen LogP contribution >= 0.6 is 0 Å². The van der Waals surface area contributed by atoms with Crippen LogP contribution in [0.25, 0.3) is 0 Å². The van der Waals surface area contributed by atoms with Crippen LogP contribution in [0.3, 0.4) is 0 Å². The highest BCUT2D eigenvalue weighted by Crippen LogP contribution is 2.27. The first-order chi connectivity index (χ1) is 13.6. The number of hydrogen-bond donors (Lipinski definition) is 2. The summed E-state index contributed by atoms with van der Waals surface area (Å²) in [6.07, 6.45) is 1.70. The molecule has 2 heterocycles. The number of carbonyl (C=O) groups is 3. The molecule has 0 unspecified atom stereocenters. The van der Waals surface area contributed by atoms with Crippen molar-refractivity contribution in [3.05, 3.63) is 54.4 Å². The second-order valence-corrected chi connectivity index (χ2v) is 6.37. The summed E-state index contributed by atoms with van der Waals surface area (Å²) in [5.41, 5.74) is 1.03. The Labute approximate surface area is 162 Å². The molecular weight excluding hydrogens is 360 g/mol. The minimum absolute atomic E-state index is 0.100. The number of amides is 3. The number of anilines is 1. The summed E-state index contributed by atoms with van der Waals surface area (Å²) in [7, 11) is 1.56. The van der Waals surface area contributed by atoms with Crippen LogP contribution in [-0.4, -0.2) is 49.4 Å². The van der Waals surface area contributed by atoms with Crippen molar-refractivity contribution in [2.75, 3.05) is 31.6 Å². The molecule has 0 spiro atoms. The van der Waals surface area contributed by atoms with E-state index < -0.39 is 5.92 Å². The number of aromatic nitrogens is 1. The van der Waals surface area contributed by atoms with E-state index in [1.165, 1.54) is 0 Å². The molecule has 1 aromatic carbocycles. The molecule has 0 saturated carbocycles. The van der Waals surface area contributed by atoms with Crippen LogP contribution in [-0.2, 0) is 9.59 Å². The molecule has 3 amide bonds. The Morgan fingerprint density at radius 3 is 2.75 bits per heavy atom. The molecule has 146 valence electrons. The fourth-order valence-electron chi connectivity index (χ4n) is 3.00. The van der Waals surface area contributed by atoms with Gasteiger partial charge in [0.05, 0.1) is 13.0 Å². The molecule has 1 fully saturated rings. The number of rotatable bonds is 7. The molecule has 2 aromatic rings. The number of methoxy groups -OCH3 is 1. The van der Waals surface area contributed by atoms with E-state index in [-0.39, 0.29) is 37.2 Å². The third-order valence-electron chi connectivity index (χ3n) is 4.47. The van der Waals surface area contributed by atoms with Crippen molar-refractivity contribution in [2.24, 2.45) is 5.92 Å². The first-order valence-corrected chi connectivity index (χ1v) is 9.00. The largest absolute Gasteiger partial charge is 0.497 e. The van der Waals surface area contributed by atoms with Crippen molar-refractivity contribution < 1.29 is 19.1 Å². The van der Waals surface area contributed by atoms with E-state index in [0.717, 1.165) is 0 Å². The molecule has 1 saturated heterocycles. The van der Waals surface area contributed by atoms with Crippen molar-refractivity contribution in [3.63, 3.8) is 0 Å². The lowest BCUT2D eigenvalue weighted by Gasteiger charge is -2.17. The molecule has 3 rings (SSSR count). The van der Waals surface area contributed by atoms with Crippen LogP contribution in [0.1, 0.15) is 16.9 Å². The minimum atomic E-state index is -0.426. The third kappa shape index (κ3) is 4.64. The van der Waals surface area contributed by atoms with E-state index in [2.05, 4.69) is 15.6 Å². The first kappa shape index (κ1) is 19.3. The van der Waals surface area contributed by atoms with Gasteiger partial charge in [0.15, 0.2) is 0 Å². The summed E-state index contributed by atoms with van der Waals surface area (Å²) >= 11 is 0. The lowest BCUT2D eigenvalue weighted by Crippen LogP contribution is -2.38. The van der Waals surface area contributed by atoms with Gasteiger partial charge in [-0.3, -0.25) is 19.4 Å². The molecule has 0 radical (unpaired) electrons. The standard InChI is InChI=1S/C20H22N4O4/c1-28-16-6-4-5-15(12-16)24-13-14(11-18(24)25)19(26)22-9-10-23-20(27)17-7-2-3-8-21-17/h2-8,12,14H,9-11,13H2,1H3,(H,22,26)(H,23,27)/t14-/m0/s1. The summed E-state index contributed by atoms with van der Waals surface area (Å²) in [4.78, 5) is 42.1. The Morgan fingerprint density at radius 2 is 2.00 bits per heavy atom. The van der Waals surface area contributed by atoms with Crippen molar-refractivity contribution >= 4 is 23.4 Å². The topological polar surface area (TPSA) is 101 Å². The van der Waals surface area contributed by atoms with Crippen molar-refractivity contribution in [1.82, 2.24) is 15.6 Å². The maximum Gasteiger partial charge on any atom is 0.269 e.